The first-order valence-electron chi connectivity index (χ1n) is 10.8. The molecule has 1 saturated heterocycles. The number of methoxy groups -OCH3 is 1. The zero-order valence-electron chi connectivity index (χ0n) is 18.7. The number of carbonyl (C=O) groups excluding carboxylic acids is 1. The molecule has 9 heteroatoms. The number of benzene rings is 1. The van der Waals surface area contributed by atoms with E-state index in [9.17, 15) is 14.7 Å². The molecule has 32 heavy (non-hydrogen) atoms. The first kappa shape index (κ1) is 23.2. The Bertz CT molecular complexity index is 1090. The Morgan fingerprint density at radius 2 is 1.97 bits per heavy atom. The second kappa shape index (κ2) is 8.75. The molecule has 1 aromatic heterocycles. The number of ether oxygens (including phenoxy) is 3. The first-order valence-corrected chi connectivity index (χ1v) is 11.2. The van der Waals surface area contributed by atoms with Gasteiger partial charge in [-0.05, 0) is 38.8 Å². The van der Waals surface area contributed by atoms with Crippen molar-refractivity contribution in [2.24, 2.45) is 5.92 Å². The van der Waals surface area contributed by atoms with Gasteiger partial charge in [0, 0.05) is 28.1 Å². The minimum absolute atomic E-state index is 0.00946. The summed E-state index contributed by atoms with van der Waals surface area (Å²) in [6.07, 6.45) is 2.65. The van der Waals surface area contributed by atoms with E-state index in [4.69, 9.17) is 23.2 Å². The van der Waals surface area contributed by atoms with Crippen molar-refractivity contribution in [1.82, 2.24) is 0 Å². The van der Waals surface area contributed by atoms with Gasteiger partial charge in [0.2, 0.25) is 6.29 Å². The van der Waals surface area contributed by atoms with E-state index in [0.29, 0.717) is 11.3 Å². The standard InChI is InChI=1S/C23H29O8P/c1-11-15(8-7-14-17(25)16(13(3)24)21(26)29-18(11)14)28-22-19(31-32)12(2)20(27-4)23(30-22)9-5-6-10-23/h7-8,12,19-20,22,25H,5-6,9-10,32H2,1-4H3/t12-,19?,20+,22+/m0/s1. The third-order valence-electron chi connectivity index (χ3n) is 6.84. The molecular weight excluding hydrogens is 435 g/mol. The SMILES string of the molecule is CO[C@@H]1[C@@H](C)C(OP)[C@H](Oc2ccc3c(O)c(C(C)=O)c(=O)oc3c2C)OC12CCCC2. The maximum Gasteiger partial charge on any atom is 0.351 e. The van der Waals surface area contributed by atoms with E-state index >= 15 is 0 Å². The fourth-order valence-corrected chi connectivity index (χ4v) is 5.66. The summed E-state index contributed by atoms with van der Waals surface area (Å²) in [7, 11) is 3.98. The summed E-state index contributed by atoms with van der Waals surface area (Å²) in [5.74, 6) is -0.505. The average molecular weight is 464 g/mol. The number of Topliss-reactive ketones (excluding diaryl/α,β-unsaturated/α-hetero) is 1. The highest BCUT2D eigenvalue weighted by molar-refractivity contribution is 7.09. The minimum atomic E-state index is -0.885. The summed E-state index contributed by atoms with van der Waals surface area (Å²) in [5, 5.41) is 10.7. The average Bonchev–Trinajstić information content (AvgIpc) is 3.19. The molecule has 1 aromatic carbocycles. The molecule has 1 N–H and O–H groups in total. The van der Waals surface area contributed by atoms with Gasteiger partial charge in [0.05, 0.1) is 17.1 Å². The van der Waals surface area contributed by atoms with Crippen LogP contribution in [0, 0.1) is 12.8 Å². The van der Waals surface area contributed by atoms with Crippen molar-refractivity contribution in [3.8, 4) is 11.5 Å². The highest BCUT2D eigenvalue weighted by atomic mass is 31.0. The quantitative estimate of drug-likeness (QED) is 0.404. The molecule has 8 nitrogen and oxygen atoms in total. The predicted molar refractivity (Wildman–Crippen MR) is 120 cm³/mol. The molecule has 2 aliphatic rings. The molecule has 1 aliphatic carbocycles. The Labute approximate surface area is 188 Å². The molecule has 0 radical (unpaired) electrons. The van der Waals surface area contributed by atoms with Crippen LogP contribution in [0.15, 0.2) is 21.3 Å². The largest absolute Gasteiger partial charge is 0.506 e. The third-order valence-corrected chi connectivity index (χ3v) is 7.15. The maximum atomic E-state index is 12.3. The van der Waals surface area contributed by atoms with Crippen molar-refractivity contribution < 1.29 is 33.1 Å². The minimum Gasteiger partial charge on any atom is -0.506 e. The maximum absolute atomic E-state index is 12.3. The smallest absolute Gasteiger partial charge is 0.351 e. The molecule has 1 saturated carbocycles. The van der Waals surface area contributed by atoms with E-state index in [-0.39, 0.29) is 34.3 Å². The lowest BCUT2D eigenvalue weighted by Gasteiger charge is -2.50. The van der Waals surface area contributed by atoms with Gasteiger partial charge in [-0.25, -0.2) is 4.79 Å². The molecule has 1 spiro atoms. The molecule has 2 aromatic rings. The Kier molecular flexibility index (Phi) is 6.34. The number of fused-ring (bicyclic) bond motifs is 1. The van der Waals surface area contributed by atoms with Crippen LogP contribution in [-0.4, -0.2) is 42.1 Å². The molecule has 2 fully saturated rings. The van der Waals surface area contributed by atoms with Gasteiger partial charge in [0.15, 0.2) is 5.78 Å². The van der Waals surface area contributed by atoms with Gasteiger partial charge in [-0.1, -0.05) is 19.8 Å². The number of ketones is 1. The van der Waals surface area contributed by atoms with Gasteiger partial charge in [-0.15, -0.1) is 0 Å². The van der Waals surface area contributed by atoms with Gasteiger partial charge in [0.25, 0.3) is 0 Å². The Hall–Kier alpha value is -1.99. The van der Waals surface area contributed by atoms with E-state index in [1.54, 1.807) is 26.2 Å². The molecule has 1 aliphatic heterocycles. The normalized spacial score (nSPS) is 27.2. The van der Waals surface area contributed by atoms with Gasteiger partial charge >= 0.3 is 5.63 Å². The number of rotatable bonds is 5. The topological polar surface area (TPSA) is 104 Å². The van der Waals surface area contributed by atoms with Crippen LogP contribution in [-0.2, 0) is 14.0 Å². The van der Waals surface area contributed by atoms with E-state index in [1.165, 1.54) is 6.92 Å². The summed E-state index contributed by atoms with van der Waals surface area (Å²) in [6, 6.07) is 3.23. The van der Waals surface area contributed by atoms with Crippen molar-refractivity contribution in [2.45, 2.75) is 70.6 Å². The molecule has 5 atom stereocenters. The lowest BCUT2D eigenvalue weighted by molar-refractivity contribution is -0.293. The lowest BCUT2D eigenvalue weighted by atomic mass is 9.80. The van der Waals surface area contributed by atoms with Crippen LogP contribution in [0.4, 0.5) is 0 Å². The Balaban J connectivity index is 1.73. The fraction of sp³-hybridized carbons (Fsp3) is 0.565. The van der Waals surface area contributed by atoms with Crippen molar-refractivity contribution in [3.05, 3.63) is 33.7 Å². The molecule has 174 valence electrons. The fourth-order valence-electron chi connectivity index (χ4n) is 5.28. The molecular formula is C23H29O8P. The predicted octanol–water partition coefficient (Wildman–Crippen LogP) is 3.88. The molecule has 0 amide bonds. The second-order valence-electron chi connectivity index (χ2n) is 8.73. The van der Waals surface area contributed by atoms with E-state index in [0.717, 1.165) is 25.7 Å². The Morgan fingerprint density at radius 3 is 2.56 bits per heavy atom. The van der Waals surface area contributed by atoms with E-state index in [1.807, 2.05) is 0 Å². The van der Waals surface area contributed by atoms with Gasteiger partial charge < -0.3 is 28.3 Å². The van der Waals surface area contributed by atoms with Crippen LogP contribution in [0.3, 0.4) is 0 Å². The van der Waals surface area contributed by atoms with Crippen molar-refractivity contribution in [2.75, 3.05) is 7.11 Å². The number of aryl methyl sites for hydroxylation is 1. The number of hydrogen-bond donors (Lipinski definition) is 1. The van der Waals surface area contributed by atoms with Crippen molar-refractivity contribution in [3.63, 3.8) is 0 Å². The van der Waals surface area contributed by atoms with Crippen molar-refractivity contribution in [1.29, 1.82) is 0 Å². The van der Waals surface area contributed by atoms with Crippen LogP contribution in [0.25, 0.3) is 11.0 Å². The van der Waals surface area contributed by atoms with Gasteiger partial charge in [-0.2, -0.15) is 0 Å². The Morgan fingerprint density at radius 1 is 1.28 bits per heavy atom. The zero-order chi connectivity index (χ0) is 23.2. The molecule has 2 heterocycles. The molecule has 0 bridgehead atoms. The number of aromatic hydroxyl groups is 1. The van der Waals surface area contributed by atoms with Crippen LogP contribution >= 0.6 is 9.47 Å². The van der Waals surface area contributed by atoms with E-state index < -0.39 is 29.4 Å². The van der Waals surface area contributed by atoms with E-state index in [2.05, 4.69) is 16.4 Å². The summed E-state index contributed by atoms with van der Waals surface area (Å²) in [5.41, 5.74) is -1.01. The number of carbonyl (C=O) groups is 1. The summed E-state index contributed by atoms with van der Waals surface area (Å²) in [6.45, 7) is 4.99. The number of hydrogen-bond acceptors (Lipinski definition) is 8. The summed E-state index contributed by atoms with van der Waals surface area (Å²) in [4.78, 5) is 24.0. The lowest BCUT2D eigenvalue weighted by Crippen LogP contribution is -2.62. The highest BCUT2D eigenvalue weighted by Gasteiger charge is 2.55. The van der Waals surface area contributed by atoms with Crippen molar-refractivity contribution >= 4 is 26.2 Å². The van der Waals surface area contributed by atoms with Crippen LogP contribution in [0.1, 0.15) is 55.5 Å². The van der Waals surface area contributed by atoms with Gasteiger partial charge in [-0.3, -0.25) is 4.79 Å². The van der Waals surface area contributed by atoms with Crippen LogP contribution < -0.4 is 10.4 Å². The molecule has 2 unspecified atom stereocenters. The monoisotopic (exact) mass is 464 g/mol. The summed E-state index contributed by atoms with van der Waals surface area (Å²) < 4.78 is 29.7. The first-order chi connectivity index (χ1) is 15.2. The second-order valence-corrected chi connectivity index (χ2v) is 9.00. The molecule has 4 rings (SSSR count). The van der Waals surface area contributed by atoms with Gasteiger partial charge in [0.1, 0.15) is 28.7 Å². The zero-order valence-corrected chi connectivity index (χ0v) is 19.8. The third kappa shape index (κ3) is 3.63. The summed E-state index contributed by atoms with van der Waals surface area (Å²) >= 11 is 0. The van der Waals surface area contributed by atoms with Crippen LogP contribution in [0.5, 0.6) is 11.5 Å². The van der Waals surface area contributed by atoms with Crippen LogP contribution in [0.2, 0.25) is 0 Å². The highest BCUT2D eigenvalue weighted by Crippen LogP contribution is 2.47.